The molecule has 0 saturated heterocycles. The Kier molecular flexibility index (Phi) is 3.73. The van der Waals surface area contributed by atoms with Crippen molar-refractivity contribution in [1.82, 2.24) is 14.8 Å². The van der Waals surface area contributed by atoms with E-state index in [9.17, 15) is 0 Å². The van der Waals surface area contributed by atoms with Crippen LogP contribution >= 0.6 is 23.4 Å². The summed E-state index contributed by atoms with van der Waals surface area (Å²) in [5, 5.41) is 20.4. The SMILES string of the molecule is Cn1cnnc1Sc1ccc(C(N)=NO)c(Cl)c1. The molecule has 0 atom stereocenters. The van der Waals surface area contributed by atoms with Crippen LogP contribution in [0.15, 0.2) is 39.7 Å². The number of oxime groups is 1. The largest absolute Gasteiger partial charge is 0.409 e. The molecule has 1 aromatic heterocycles. The van der Waals surface area contributed by atoms with Gasteiger partial charge in [0.25, 0.3) is 0 Å². The summed E-state index contributed by atoms with van der Waals surface area (Å²) < 4.78 is 1.80. The lowest BCUT2D eigenvalue weighted by Gasteiger charge is -2.05. The van der Waals surface area contributed by atoms with Crippen LogP contribution in [0.3, 0.4) is 0 Å². The third-order valence-electron chi connectivity index (χ3n) is 2.20. The highest BCUT2D eigenvalue weighted by molar-refractivity contribution is 7.99. The predicted molar refractivity (Wildman–Crippen MR) is 69.1 cm³/mol. The zero-order valence-corrected chi connectivity index (χ0v) is 11.0. The lowest BCUT2D eigenvalue weighted by Crippen LogP contribution is -2.13. The summed E-state index contributed by atoms with van der Waals surface area (Å²) in [5.74, 6) is -0.0183. The van der Waals surface area contributed by atoms with Gasteiger partial charge in [-0.25, -0.2) is 0 Å². The first-order valence-corrected chi connectivity index (χ1v) is 6.10. The van der Waals surface area contributed by atoms with Crippen LogP contribution in [0.25, 0.3) is 0 Å². The Morgan fingerprint density at radius 2 is 2.33 bits per heavy atom. The Bertz CT molecular complexity index is 598. The van der Waals surface area contributed by atoms with Gasteiger partial charge >= 0.3 is 0 Å². The molecule has 0 bridgehead atoms. The topological polar surface area (TPSA) is 89.3 Å². The van der Waals surface area contributed by atoms with Crippen LogP contribution in [0.4, 0.5) is 0 Å². The van der Waals surface area contributed by atoms with Gasteiger partial charge in [-0.05, 0) is 30.0 Å². The lowest BCUT2D eigenvalue weighted by atomic mass is 10.2. The highest BCUT2D eigenvalue weighted by Crippen LogP contribution is 2.29. The number of nitrogens with two attached hydrogens (primary N) is 1. The minimum Gasteiger partial charge on any atom is -0.409 e. The molecule has 0 aliphatic heterocycles. The van der Waals surface area contributed by atoms with Crippen molar-refractivity contribution in [3.63, 3.8) is 0 Å². The Balaban J connectivity index is 2.27. The van der Waals surface area contributed by atoms with Gasteiger partial charge in [-0.2, -0.15) is 0 Å². The van der Waals surface area contributed by atoms with Gasteiger partial charge in [-0.3, -0.25) is 0 Å². The van der Waals surface area contributed by atoms with Crippen LogP contribution in [-0.4, -0.2) is 25.8 Å². The monoisotopic (exact) mass is 283 g/mol. The van der Waals surface area contributed by atoms with Crippen molar-refractivity contribution in [2.75, 3.05) is 0 Å². The number of benzene rings is 1. The van der Waals surface area contributed by atoms with Crippen molar-refractivity contribution in [2.45, 2.75) is 10.1 Å². The van der Waals surface area contributed by atoms with Crippen LogP contribution in [0, 0.1) is 0 Å². The lowest BCUT2D eigenvalue weighted by molar-refractivity contribution is 0.318. The van der Waals surface area contributed by atoms with Crippen LogP contribution in [0.1, 0.15) is 5.56 Å². The molecule has 0 saturated carbocycles. The molecule has 2 rings (SSSR count). The molecule has 6 nitrogen and oxygen atoms in total. The fourth-order valence-electron chi connectivity index (χ4n) is 1.29. The Morgan fingerprint density at radius 1 is 1.56 bits per heavy atom. The van der Waals surface area contributed by atoms with Gasteiger partial charge in [0.1, 0.15) is 6.33 Å². The van der Waals surface area contributed by atoms with Gasteiger partial charge < -0.3 is 15.5 Å². The number of aromatic nitrogens is 3. The highest BCUT2D eigenvalue weighted by atomic mass is 35.5. The maximum absolute atomic E-state index is 8.60. The van der Waals surface area contributed by atoms with Gasteiger partial charge in [0, 0.05) is 17.5 Å². The third-order valence-corrected chi connectivity index (χ3v) is 3.56. The summed E-state index contributed by atoms with van der Waals surface area (Å²) in [6.07, 6.45) is 1.62. The first-order valence-electron chi connectivity index (χ1n) is 4.91. The van der Waals surface area contributed by atoms with Crippen molar-refractivity contribution in [3.8, 4) is 0 Å². The molecule has 0 amide bonds. The van der Waals surface area contributed by atoms with E-state index < -0.39 is 0 Å². The van der Waals surface area contributed by atoms with Crippen LogP contribution in [0.2, 0.25) is 5.02 Å². The zero-order valence-electron chi connectivity index (χ0n) is 9.41. The quantitative estimate of drug-likeness (QED) is 0.387. The maximum Gasteiger partial charge on any atom is 0.195 e. The number of amidine groups is 1. The highest BCUT2D eigenvalue weighted by Gasteiger charge is 2.09. The van der Waals surface area contributed by atoms with E-state index in [4.69, 9.17) is 22.5 Å². The van der Waals surface area contributed by atoms with Gasteiger partial charge in [-0.1, -0.05) is 16.8 Å². The average Bonchev–Trinajstić information content (AvgIpc) is 2.74. The minimum atomic E-state index is -0.0183. The van der Waals surface area contributed by atoms with E-state index in [1.165, 1.54) is 11.8 Å². The molecule has 0 radical (unpaired) electrons. The molecule has 0 spiro atoms. The molecule has 8 heteroatoms. The molecular weight excluding hydrogens is 274 g/mol. The van der Waals surface area contributed by atoms with Crippen molar-refractivity contribution in [1.29, 1.82) is 0 Å². The Labute approximate surface area is 112 Å². The fourth-order valence-corrected chi connectivity index (χ4v) is 2.44. The van der Waals surface area contributed by atoms with E-state index in [1.807, 2.05) is 13.1 Å². The molecule has 3 N–H and O–H groups in total. The van der Waals surface area contributed by atoms with E-state index in [-0.39, 0.29) is 5.84 Å². The third kappa shape index (κ3) is 2.57. The van der Waals surface area contributed by atoms with Crippen molar-refractivity contribution < 1.29 is 5.21 Å². The molecule has 0 aliphatic carbocycles. The first-order chi connectivity index (χ1) is 8.61. The standard InChI is InChI=1S/C10H10ClN5OS/c1-16-5-13-14-10(16)18-6-2-3-7(8(11)4-6)9(12)15-17/h2-5,17H,1H3,(H2,12,15). The summed E-state index contributed by atoms with van der Waals surface area (Å²) in [5.41, 5.74) is 5.98. The van der Waals surface area contributed by atoms with Gasteiger partial charge in [0.2, 0.25) is 0 Å². The summed E-state index contributed by atoms with van der Waals surface area (Å²) in [6.45, 7) is 0. The van der Waals surface area contributed by atoms with Crippen molar-refractivity contribution >= 4 is 29.2 Å². The average molecular weight is 284 g/mol. The second kappa shape index (κ2) is 5.28. The zero-order chi connectivity index (χ0) is 13.1. The van der Waals surface area contributed by atoms with Crippen LogP contribution in [0.5, 0.6) is 0 Å². The molecule has 1 aromatic carbocycles. The number of aryl methyl sites for hydroxylation is 1. The molecule has 1 heterocycles. The van der Waals surface area contributed by atoms with E-state index in [1.54, 1.807) is 23.0 Å². The van der Waals surface area contributed by atoms with Gasteiger partial charge in [0.15, 0.2) is 11.0 Å². The van der Waals surface area contributed by atoms with Crippen molar-refractivity contribution in [2.24, 2.45) is 17.9 Å². The predicted octanol–water partition coefficient (Wildman–Crippen LogP) is 1.71. The van der Waals surface area contributed by atoms with E-state index in [0.29, 0.717) is 10.6 Å². The second-order valence-corrected chi connectivity index (χ2v) is 4.90. The number of hydrogen-bond donors (Lipinski definition) is 2. The summed E-state index contributed by atoms with van der Waals surface area (Å²) in [6, 6.07) is 5.24. The summed E-state index contributed by atoms with van der Waals surface area (Å²) in [7, 11) is 1.86. The number of halogens is 1. The summed E-state index contributed by atoms with van der Waals surface area (Å²) in [4.78, 5) is 0.894. The molecular formula is C10H10ClN5OS. The smallest absolute Gasteiger partial charge is 0.195 e. The first kappa shape index (κ1) is 12.7. The number of rotatable bonds is 3. The minimum absolute atomic E-state index is 0.0183. The molecule has 0 fully saturated rings. The van der Waals surface area contributed by atoms with Gasteiger partial charge in [0.05, 0.1) is 5.02 Å². The van der Waals surface area contributed by atoms with Crippen molar-refractivity contribution in [3.05, 3.63) is 35.1 Å². The molecule has 94 valence electrons. The Morgan fingerprint density at radius 3 is 2.89 bits per heavy atom. The molecule has 0 unspecified atom stereocenters. The normalized spacial score (nSPS) is 11.8. The van der Waals surface area contributed by atoms with Crippen LogP contribution in [-0.2, 0) is 7.05 Å². The Hall–Kier alpha value is -1.73. The molecule has 2 aromatic rings. The summed E-state index contributed by atoms with van der Waals surface area (Å²) >= 11 is 7.48. The van der Waals surface area contributed by atoms with Crippen LogP contribution < -0.4 is 5.73 Å². The van der Waals surface area contributed by atoms with E-state index >= 15 is 0 Å². The number of nitrogens with zero attached hydrogens (tertiary/aromatic N) is 4. The molecule has 18 heavy (non-hydrogen) atoms. The fraction of sp³-hybridized carbons (Fsp3) is 0.100. The number of hydrogen-bond acceptors (Lipinski definition) is 5. The maximum atomic E-state index is 8.60. The second-order valence-electron chi connectivity index (χ2n) is 3.45. The molecule has 0 aliphatic rings. The van der Waals surface area contributed by atoms with Gasteiger partial charge in [-0.15, -0.1) is 10.2 Å². The van der Waals surface area contributed by atoms with E-state index in [2.05, 4.69) is 15.4 Å². The van der Waals surface area contributed by atoms with E-state index in [0.717, 1.165) is 10.1 Å².